The molecule has 2 amide bonds. The average Bonchev–Trinajstić information content (AvgIpc) is 2.78. The van der Waals surface area contributed by atoms with E-state index in [0.29, 0.717) is 16.8 Å². The molecule has 0 aliphatic carbocycles. The van der Waals surface area contributed by atoms with E-state index in [1.54, 1.807) is 6.92 Å². The highest BCUT2D eigenvalue weighted by atomic mass is 35.5. The summed E-state index contributed by atoms with van der Waals surface area (Å²) in [6.07, 6.45) is 1.32. The molecule has 0 aromatic heterocycles. The van der Waals surface area contributed by atoms with E-state index in [1.807, 2.05) is 0 Å². The van der Waals surface area contributed by atoms with Crippen LogP contribution in [0.1, 0.15) is 12.5 Å². The van der Waals surface area contributed by atoms with E-state index in [9.17, 15) is 19.5 Å². The lowest BCUT2D eigenvalue weighted by Crippen LogP contribution is -2.34. The van der Waals surface area contributed by atoms with Crippen LogP contribution in [0.3, 0.4) is 0 Å². The molecule has 1 aromatic rings. The normalized spacial score (nSPS) is 16.0. The fourth-order valence-electron chi connectivity index (χ4n) is 1.97. The van der Waals surface area contributed by atoms with Crippen molar-refractivity contribution in [2.24, 2.45) is 0 Å². The van der Waals surface area contributed by atoms with E-state index in [4.69, 9.17) is 21.1 Å². The third-order valence-corrected chi connectivity index (χ3v) is 4.17. The molecule has 0 radical (unpaired) electrons. The second kappa shape index (κ2) is 7.59. The van der Waals surface area contributed by atoms with Crippen molar-refractivity contribution in [2.45, 2.75) is 6.92 Å². The minimum atomic E-state index is -0.673. The molecule has 7 nitrogen and oxygen atoms in total. The minimum Gasteiger partial charge on any atom is -0.504 e. The van der Waals surface area contributed by atoms with Gasteiger partial charge in [0.2, 0.25) is 0 Å². The number of nitrogens with zero attached hydrogens (tertiary/aromatic N) is 1. The van der Waals surface area contributed by atoms with Gasteiger partial charge in [0.15, 0.2) is 11.5 Å². The molecule has 24 heavy (non-hydrogen) atoms. The minimum absolute atomic E-state index is 0.0592. The molecule has 2 rings (SSSR count). The zero-order valence-electron chi connectivity index (χ0n) is 12.9. The van der Waals surface area contributed by atoms with Crippen molar-refractivity contribution in [1.82, 2.24) is 4.90 Å². The summed E-state index contributed by atoms with van der Waals surface area (Å²) in [5, 5.41) is 9.79. The van der Waals surface area contributed by atoms with E-state index in [0.717, 1.165) is 4.90 Å². The highest BCUT2D eigenvalue weighted by molar-refractivity contribution is 8.18. The molecule has 1 heterocycles. The Hall–Kier alpha value is -2.19. The first-order valence-electron chi connectivity index (χ1n) is 6.84. The number of phenolic OH excluding ortho intramolecular Hbond substituents is 1. The standard InChI is InChI=1S/C15H14ClNO6S/c1-3-23-12(18)7-17-14(20)11(24-15(17)21)5-8-4-9(16)6-10(22-2)13(8)19/h4-6,19H,3,7H2,1-2H3/b11-5-. The Labute approximate surface area is 147 Å². The molecule has 128 valence electrons. The summed E-state index contributed by atoms with van der Waals surface area (Å²) in [7, 11) is 1.36. The highest BCUT2D eigenvalue weighted by Gasteiger charge is 2.36. The Morgan fingerprint density at radius 1 is 1.42 bits per heavy atom. The first kappa shape index (κ1) is 18.2. The fourth-order valence-corrected chi connectivity index (χ4v) is 3.02. The van der Waals surface area contributed by atoms with Gasteiger partial charge in [0.1, 0.15) is 6.54 Å². The maximum Gasteiger partial charge on any atom is 0.326 e. The lowest BCUT2D eigenvalue weighted by atomic mass is 10.1. The number of halogens is 1. The van der Waals surface area contributed by atoms with Crippen molar-refractivity contribution in [3.63, 3.8) is 0 Å². The van der Waals surface area contributed by atoms with Gasteiger partial charge < -0.3 is 14.6 Å². The van der Waals surface area contributed by atoms with Gasteiger partial charge >= 0.3 is 5.97 Å². The summed E-state index contributed by atoms with van der Waals surface area (Å²) >= 11 is 6.59. The van der Waals surface area contributed by atoms with Crippen LogP contribution >= 0.6 is 23.4 Å². The van der Waals surface area contributed by atoms with Crippen molar-refractivity contribution in [3.05, 3.63) is 27.6 Å². The Balaban J connectivity index is 2.29. The second-order valence-corrected chi connectivity index (χ2v) is 6.05. The maximum absolute atomic E-state index is 12.3. The topological polar surface area (TPSA) is 93.1 Å². The van der Waals surface area contributed by atoms with Gasteiger partial charge in [-0.2, -0.15) is 0 Å². The third kappa shape index (κ3) is 3.82. The van der Waals surface area contributed by atoms with Crippen molar-refractivity contribution < 1.29 is 29.0 Å². The number of hydrogen-bond donors (Lipinski definition) is 1. The average molecular weight is 372 g/mol. The van der Waals surface area contributed by atoms with Crippen LogP contribution in [0.2, 0.25) is 5.02 Å². The van der Waals surface area contributed by atoms with Crippen LogP contribution in [0.15, 0.2) is 17.0 Å². The van der Waals surface area contributed by atoms with Crippen LogP contribution in [-0.4, -0.2) is 47.4 Å². The summed E-state index contributed by atoms with van der Waals surface area (Å²) in [5.41, 5.74) is 0.223. The van der Waals surface area contributed by atoms with Gasteiger partial charge in [0.05, 0.1) is 18.6 Å². The number of thioether (sulfide) groups is 1. The van der Waals surface area contributed by atoms with E-state index in [-0.39, 0.29) is 28.6 Å². The number of carbonyl (C=O) groups excluding carboxylic acids is 3. The van der Waals surface area contributed by atoms with Gasteiger partial charge in [-0.3, -0.25) is 19.3 Å². The van der Waals surface area contributed by atoms with Gasteiger partial charge in [-0.15, -0.1) is 0 Å². The maximum atomic E-state index is 12.3. The molecule has 1 aromatic carbocycles. The first-order valence-corrected chi connectivity index (χ1v) is 8.04. The monoisotopic (exact) mass is 371 g/mol. The van der Waals surface area contributed by atoms with Crippen molar-refractivity contribution in [1.29, 1.82) is 0 Å². The largest absolute Gasteiger partial charge is 0.504 e. The van der Waals surface area contributed by atoms with Crippen molar-refractivity contribution in [3.8, 4) is 11.5 Å². The Morgan fingerprint density at radius 3 is 2.75 bits per heavy atom. The summed E-state index contributed by atoms with van der Waals surface area (Å²) in [6.45, 7) is 1.32. The zero-order chi connectivity index (χ0) is 17.9. The number of amides is 2. The van der Waals surface area contributed by atoms with Gasteiger partial charge in [0.25, 0.3) is 11.1 Å². The van der Waals surface area contributed by atoms with E-state index >= 15 is 0 Å². The van der Waals surface area contributed by atoms with Crippen LogP contribution in [0, 0.1) is 0 Å². The van der Waals surface area contributed by atoms with Crippen LogP contribution in [-0.2, 0) is 14.3 Å². The van der Waals surface area contributed by atoms with E-state index < -0.39 is 23.7 Å². The summed E-state index contributed by atoms with van der Waals surface area (Å²) in [4.78, 5) is 36.5. The molecule has 0 bridgehead atoms. The number of carbonyl (C=O) groups is 3. The van der Waals surface area contributed by atoms with Crippen LogP contribution in [0.4, 0.5) is 4.79 Å². The molecule has 0 atom stereocenters. The van der Waals surface area contributed by atoms with Crippen LogP contribution in [0.25, 0.3) is 6.08 Å². The Kier molecular flexibility index (Phi) is 5.74. The number of methoxy groups -OCH3 is 1. The second-order valence-electron chi connectivity index (χ2n) is 4.62. The van der Waals surface area contributed by atoms with E-state index in [1.165, 1.54) is 25.3 Å². The quantitative estimate of drug-likeness (QED) is 0.628. The van der Waals surface area contributed by atoms with Crippen molar-refractivity contribution in [2.75, 3.05) is 20.3 Å². The Morgan fingerprint density at radius 2 is 2.12 bits per heavy atom. The molecule has 0 saturated carbocycles. The molecule has 1 aliphatic rings. The lowest BCUT2D eigenvalue weighted by molar-refractivity contribution is -0.145. The molecule has 1 saturated heterocycles. The number of ether oxygens (including phenoxy) is 2. The number of phenols is 1. The summed E-state index contributed by atoms with van der Waals surface area (Å²) in [6, 6.07) is 2.85. The van der Waals surface area contributed by atoms with Crippen LogP contribution < -0.4 is 4.74 Å². The predicted octanol–water partition coefficient (Wildman–Crippen LogP) is 2.65. The highest BCUT2D eigenvalue weighted by Crippen LogP contribution is 2.38. The molecular formula is C15H14ClNO6S. The Bertz CT molecular complexity index is 733. The van der Waals surface area contributed by atoms with Gasteiger partial charge in [-0.1, -0.05) is 11.6 Å². The third-order valence-electron chi connectivity index (χ3n) is 3.04. The summed E-state index contributed by atoms with van der Waals surface area (Å²) in [5.74, 6) is -1.39. The molecule has 0 spiro atoms. The number of benzene rings is 1. The molecular weight excluding hydrogens is 358 g/mol. The number of rotatable bonds is 5. The molecule has 9 heteroatoms. The number of hydrogen-bond acceptors (Lipinski definition) is 7. The first-order chi connectivity index (χ1) is 11.4. The number of aromatic hydroxyl groups is 1. The summed E-state index contributed by atoms with van der Waals surface area (Å²) < 4.78 is 9.72. The van der Waals surface area contributed by atoms with E-state index in [2.05, 4.69) is 0 Å². The number of esters is 1. The fraction of sp³-hybridized carbons (Fsp3) is 0.267. The van der Waals surface area contributed by atoms with Crippen molar-refractivity contribution >= 4 is 46.6 Å². The molecule has 0 unspecified atom stereocenters. The predicted molar refractivity (Wildman–Crippen MR) is 89.0 cm³/mol. The number of imide groups is 1. The zero-order valence-corrected chi connectivity index (χ0v) is 14.4. The van der Waals surface area contributed by atoms with Gasteiger partial charge in [-0.25, -0.2) is 0 Å². The molecule has 1 N–H and O–H groups in total. The lowest BCUT2D eigenvalue weighted by Gasteiger charge is -2.11. The molecule has 1 fully saturated rings. The van der Waals surface area contributed by atoms with Crippen LogP contribution in [0.5, 0.6) is 11.5 Å². The molecule has 1 aliphatic heterocycles. The van der Waals surface area contributed by atoms with Gasteiger partial charge in [0, 0.05) is 16.7 Å². The van der Waals surface area contributed by atoms with Gasteiger partial charge in [-0.05, 0) is 30.8 Å². The smallest absolute Gasteiger partial charge is 0.326 e. The SMILES string of the molecule is CCOC(=O)CN1C(=O)S/C(=C\c2cc(Cl)cc(OC)c2O)C1=O.